The van der Waals surface area contributed by atoms with Crippen molar-refractivity contribution in [2.75, 3.05) is 18.0 Å². The lowest BCUT2D eigenvalue weighted by Crippen LogP contribution is -2.37. The molecule has 1 aromatic carbocycles. The average Bonchev–Trinajstić information content (AvgIpc) is 3.50. The minimum absolute atomic E-state index is 0.230. The second-order valence-corrected chi connectivity index (χ2v) is 9.60. The summed E-state index contributed by atoms with van der Waals surface area (Å²) in [6.07, 6.45) is 4.24. The zero-order chi connectivity index (χ0) is 22.6. The van der Waals surface area contributed by atoms with Crippen LogP contribution in [0.5, 0.6) is 0 Å². The highest BCUT2D eigenvalue weighted by Gasteiger charge is 2.53. The van der Waals surface area contributed by atoms with Gasteiger partial charge in [-0.15, -0.1) is 10.2 Å². The minimum Gasteiger partial charge on any atom is -0.357 e. The van der Waals surface area contributed by atoms with Crippen LogP contribution in [0.25, 0.3) is 5.69 Å². The van der Waals surface area contributed by atoms with Gasteiger partial charge in [-0.2, -0.15) is 0 Å². The van der Waals surface area contributed by atoms with Crippen LogP contribution in [0.4, 0.5) is 10.2 Å². The summed E-state index contributed by atoms with van der Waals surface area (Å²) >= 11 is 6.29. The Morgan fingerprint density at radius 1 is 1.09 bits per heavy atom. The molecule has 9 heteroatoms. The molecule has 2 fully saturated rings. The number of pyridine rings is 1. The lowest BCUT2D eigenvalue weighted by atomic mass is 9.95. The first kappa shape index (κ1) is 20.6. The number of anilines is 1. The summed E-state index contributed by atoms with van der Waals surface area (Å²) in [5.41, 5.74) is 0.0705. The SMILES string of the molecule is O=C(N1Cc2cc(Cl)ccc2-n2c(nnc2C2CCN(c3ccccn3)CC2)C1)C1(F)CC1. The van der Waals surface area contributed by atoms with Crippen LogP contribution in [0.1, 0.15) is 48.8 Å². The molecule has 7 nitrogen and oxygen atoms in total. The van der Waals surface area contributed by atoms with Crippen molar-refractivity contribution in [3.63, 3.8) is 0 Å². The number of hydrogen-bond donors (Lipinski definition) is 0. The highest BCUT2D eigenvalue weighted by Crippen LogP contribution is 2.43. The van der Waals surface area contributed by atoms with E-state index in [9.17, 15) is 9.18 Å². The Morgan fingerprint density at radius 2 is 1.91 bits per heavy atom. The summed E-state index contributed by atoms with van der Waals surface area (Å²) in [6.45, 7) is 2.30. The molecule has 33 heavy (non-hydrogen) atoms. The molecule has 0 bridgehead atoms. The number of amides is 1. The van der Waals surface area contributed by atoms with Crippen molar-refractivity contribution in [3.05, 3.63) is 64.8 Å². The highest BCUT2D eigenvalue weighted by molar-refractivity contribution is 6.30. The fourth-order valence-electron chi connectivity index (χ4n) is 4.95. The fraction of sp³-hybridized carbons (Fsp3) is 0.417. The molecule has 4 heterocycles. The van der Waals surface area contributed by atoms with E-state index in [4.69, 9.17) is 11.6 Å². The highest BCUT2D eigenvalue weighted by atomic mass is 35.5. The van der Waals surface area contributed by atoms with Gasteiger partial charge in [-0.25, -0.2) is 9.37 Å². The molecule has 3 aromatic rings. The summed E-state index contributed by atoms with van der Waals surface area (Å²) in [5, 5.41) is 9.62. The predicted molar refractivity (Wildman–Crippen MR) is 122 cm³/mol. The molecular weight excluding hydrogens is 443 g/mol. The number of nitrogens with zero attached hydrogens (tertiary/aromatic N) is 6. The van der Waals surface area contributed by atoms with Crippen molar-refractivity contribution >= 4 is 23.3 Å². The van der Waals surface area contributed by atoms with Gasteiger partial charge in [-0.3, -0.25) is 9.36 Å². The minimum atomic E-state index is -1.73. The Kier molecular flexibility index (Phi) is 4.87. The van der Waals surface area contributed by atoms with Crippen LogP contribution >= 0.6 is 11.6 Å². The summed E-state index contributed by atoms with van der Waals surface area (Å²) in [6, 6.07) is 11.6. The van der Waals surface area contributed by atoms with Gasteiger partial charge in [0.1, 0.15) is 11.6 Å². The Labute approximate surface area is 196 Å². The van der Waals surface area contributed by atoms with E-state index in [-0.39, 0.29) is 25.3 Å². The number of aromatic nitrogens is 4. The van der Waals surface area contributed by atoms with Gasteiger partial charge in [0.25, 0.3) is 5.91 Å². The van der Waals surface area contributed by atoms with Crippen LogP contribution in [-0.4, -0.2) is 49.3 Å². The number of carbonyl (C=O) groups excluding carboxylic acids is 1. The van der Waals surface area contributed by atoms with Crippen LogP contribution in [0.2, 0.25) is 5.02 Å². The molecule has 0 N–H and O–H groups in total. The summed E-state index contributed by atoms with van der Waals surface area (Å²) in [7, 11) is 0. The number of alkyl halides is 1. The van der Waals surface area contributed by atoms with Gasteiger partial charge in [0.2, 0.25) is 0 Å². The van der Waals surface area contributed by atoms with E-state index in [0.717, 1.165) is 48.8 Å². The molecule has 0 radical (unpaired) electrons. The number of fused-ring (bicyclic) bond motifs is 3. The second kappa shape index (κ2) is 7.80. The lowest BCUT2D eigenvalue weighted by molar-refractivity contribution is -0.139. The van der Waals surface area contributed by atoms with Crippen LogP contribution < -0.4 is 4.90 Å². The normalized spacial score (nSPS) is 19.6. The molecule has 1 amide bonds. The maximum atomic E-state index is 14.6. The maximum Gasteiger partial charge on any atom is 0.260 e. The zero-order valence-corrected chi connectivity index (χ0v) is 18.9. The monoisotopic (exact) mass is 466 g/mol. The molecule has 0 spiro atoms. The number of carbonyl (C=O) groups is 1. The largest absolute Gasteiger partial charge is 0.357 e. The van der Waals surface area contributed by atoms with E-state index in [1.165, 1.54) is 0 Å². The van der Waals surface area contributed by atoms with Crippen molar-refractivity contribution in [2.24, 2.45) is 0 Å². The molecule has 1 saturated heterocycles. The Balaban J connectivity index is 1.32. The molecule has 0 unspecified atom stereocenters. The third-order valence-electron chi connectivity index (χ3n) is 6.92. The van der Waals surface area contributed by atoms with E-state index in [2.05, 4.69) is 24.6 Å². The van der Waals surface area contributed by atoms with E-state index in [1.807, 2.05) is 42.6 Å². The molecule has 0 atom stereocenters. The molecular formula is C24H24ClFN6O. The molecule has 6 rings (SSSR count). The first-order chi connectivity index (χ1) is 16.0. The number of piperidine rings is 1. The van der Waals surface area contributed by atoms with E-state index in [0.29, 0.717) is 17.4 Å². The van der Waals surface area contributed by atoms with Crippen LogP contribution in [0, 0.1) is 0 Å². The van der Waals surface area contributed by atoms with Crippen molar-refractivity contribution < 1.29 is 9.18 Å². The first-order valence-corrected chi connectivity index (χ1v) is 11.8. The molecule has 3 aliphatic rings. The molecule has 2 aliphatic heterocycles. The van der Waals surface area contributed by atoms with Gasteiger partial charge in [0.15, 0.2) is 11.5 Å². The Morgan fingerprint density at radius 3 is 2.64 bits per heavy atom. The summed E-state index contributed by atoms with van der Waals surface area (Å²) < 4.78 is 16.7. The van der Waals surface area contributed by atoms with E-state index >= 15 is 0 Å². The fourth-order valence-corrected chi connectivity index (χ4v) is 5.14. The average molecular weight is 467 g/mol. The Bertz CT molecular complexity index is 1200. The molecule has 1 saturated carbocycles. The third kappa shape index (κ3) is 3.66. The number of hydrogen-bond acceptors (Lipinski definition) is 5. The number of benzene rings is 1. The van der Waals surface area contributed by atoms with Crippen molar-refractivity contribution in [1.29, 1.82) is 0 Å². The molecule has 170 valence electrons. The standard InChI is InChI=1S/C24H24ClFN6O/c25-18-4-5-19-17(13-18)14-31(23(33)24(26)8-9-24)15-21-28-29-22(32(19)21)16-6-11-30(12-7-16)20-3-1-2-10-27-20/h1-5,10,13,16H,6-9,11-12,14-15H2. The predicted octanol–water partition coefficient (Wildman–Crippen LogP) is 4.04. The smallest absolute Gasteiger partial charge is 0.260 e. The Hall–Kier alpha value is -3.00. The number of halogens is 2. The van der Waals surface area contributed by atoms with E-state index in [1.54, 1.807) is 4.90 Å². The van der Waals surface area contributed by atoms with Crippen molar-refractivity contribution in [1.82, 2.24) is 24.6 Å². The summed E-state index contributed by atoms with van der Waals surface area (Å²) in [5.74, 6) is 2.31. The van der Waals surface area contributed by atoms with Crippen molar-refractivity contribution in [3.8, 4) is 5.69 Å². The maximum absolute atomic E-state index is 14.6. The topological polar surface area (TPSA) is 67.2 Å². The second-order valence-electron chi connectivity index (χ2n) is 9.16. The van der Waals surface area contributed by atoms with Crippen LogP contribution in [-0.2, 0) is 17.9 Å². The van der Waals surface area contributed by atoms with E-state index < -0.39 is 11.6 Å². The summed E-state index contributed by atoms with van der Waals surface area (Å²) in [4.78, 5) is 21.2. The number of rotatable bonds is 3. The van der Waals surface area contributed by atoms with Gasteiger partial charge in [-0.1, -0.05) is 17.7 Å². The van der Waals surface area contributed by atoms with Crippen LogP contribution in [0.15, 0.2) is 42.6 Å². The van der Waals surface area contributed by atoms with Gasteiger partial charge in [-0.05, 0) is 61.6 Å². The van der Waals surface area contributed by atoms with Gasteiger partial charge >= 0.3 is 0 Å². The van der Waals surface area contributed by atoms with Crippen molar-refractivity contribution in [2.45, 2.75) is 50.4 Å². The van der Waals surface area contributed by atoms with Gasteiger partial charge in [0.05, 0.1) is 12.2 Å². The lowest BCUT2D eigenvalue weighted by Gasteiger charge is -2.32. The van der Waals surface area contributed by atoms with Gasteiger partial charge < -0.3 is 9.80 Å². The molecule has 2 aromatic heterocycles. The first-order valence-electron chi connectivity index (χ1n) is 11.4. The zero-order valence-electron chi connectivity index (χ0n) is 18.1. The third-order valence-corrected chi connectivity index (χ3v) is 7.16. The molecule has 1 aliphatic carbocycles. The quantitative estimate of drug-likeness (QED) is 0.582. The van der Waals surface area contributed by atoms with Gasteiger partial charge in [0, 0.05) is 36.8 Å². The van der Waals surface area contributed by atoms with Crippen LogP contribution in [0.3, 0.4) is 0 Å².